The lowest BCUT2D eigenvalue weighted by atomic mass is 9.92. The Kier molecular flexibility index (Phi) is 11.5. The number of rotatable bonds is 15. The molecule has 0 spiro atoms. The molecule has 0 fully saturated rings. The summed E-state index contributed by atoms with van der Waals surface area (Å²) in [6.07, 6.45) is 1.39. The fourth-order valence-corrected chi connectivity index (χ4v) is 5.42. The summed E-state index contributed by atoms with van der Waals surface area (Å²) in [5.74, 6) is -0.445. The minimum Gasteiger partial charge on any atom is -0.481 e. The molecule has 2 aromatic carbocycles. The van der Waals surface area contributed by atoms with Crippen LogP contribution in [0.2, 0.25) is 0 Å². The molecule has 2 aromatic heterocycles. The summed E-state index contributed by atoms with van der Waals surface area (Å²) in [7, 11) is 0. The molecular weight excluding hydrogens is 601 g/mol. The van der Waals surface area contributed by atoms with E-state index in [2.05, 4.69) is 20.8 Å². The van der Waals surface area contributed by atoms with Gasteiger partial charge in [-0.2, -0.15) is 0 Å². The van der Waals surface area contributed by atoms with Gasteiger partial charge in [-0.25, -0.2) is 4.98 Å². The first kappa shape index (κ1) is 33.8. The van der Waals surface area contributed by atoms with Crippen molar-refractivity contribution in [3.8, 4) is 28.1 Å². The summed E-state index contributed by atoms with van der Waals surface area (Å²) in [6.45, 7) is 4.40. The van der Waals surface area contributed by atoms with Gasteiger partial charge >= 0.3 is 12.3 Å². The maximum atomic E-state index is 12.8. The summed E-state index contributed by atoms with van der Waals surface area (Å²) in [5, 5.41) is 16.1. The normalized spacial score (nSPS) is 11.8. The van der Waals surface area contributed by atoms with Crippen LogP contribution in [0.4, 0.5) is 19.0 Å². The minimum absolute atomic E-state index is 0.282. The molecule has 0 saturated heterocycles. The number of carbonyl (C=O) groups is 1. The number of benzene rings is 2. The van der Waals surface area contributed by atoms with E-state index in [-0.39, 0.29) is 5.75 Å². The van der Waals surface area contributed by atoms with Gasteiger partial charge in [-0.3, -0.25) is 14.9 Å². The van der Waals surface area contributed by atoms with Crippen LogP contribution in [0.25, 0.3) is 22.4 Å². The van der Waals surface area contributed by atoms with E-state index in [9.17, 15) is 23.1 Å². The highest BCUT2D eigenvalue weighted by molar-refractivity contribution is 7.97. The van der Waals surface area contributed by atoms with E-state index < -0.39 is 17.7 Å². The third kappa shape index (κ3) is 9.70. The van der Waals surface area contributed by atoms with Gasteiger partial charge in [-0.05, 0) is 86.5 Å². The van der Waals surface area contributed by atoms with E-state index in [1.807, 2.05) is 47.4 Å². The van der Waals surface area contributed by atoms with Crippen molar-refractivity contribution in [3.05, 3.63) is 90.6 Å². The second-order valence-corrected chi connectivity index (χ2v) is 12.0. The largest absolute Gasteiger partial charge is 0.573 e. The zero-order valence-electron chi connectivity index (χ0n) is 25.3. The standard InChI is InChI=1S/C34H37F3N4O3S/c1-33(2,32(42)43)23-41(29-18-10-19-30(40-29)45-38)21-8-4-3-5-12-24-13-6-7-16-27(24)31-28(17-11-20-39-31)25-14-9-15-26(22-25)44-34(35,36)37/h6-7,9-11,13-20,22H,3-5,8,12,21,23,38H2,1-2H3,(H,42,43). The van der Waals surface area contributed by atoms with Gasteiger partial charge in [0.05, 0.1) is 11.1 Å². The number of nitrogens with zero attached hydrogens (tertiary/aromatic N) is 3. The molecule has 7 nitrogen and oxygen atoms in total. The molecular formula is C34H37F3N4O3S. The molecule has 0 unspecified atom stereocenters. The summed E-state index contributed by atoms with van der Waals surface area (Å²) < 4.78 is 42.7. The molecule has 11 heteroatoms. The molecule has 0 aliphatic carbocycles. The summed E-state index contributed by atoms with van der Waals surface area (Å²) in [6, 6.07) is 23.1. The Labute approximate surface area is 265 Å². The summed E-state index contributed by atoms with van der Waals surface area (Å²) in [4.78, 5) is 23.1. The van der Waals surface area contributed by atoms with Crippen molar-refractivity contribution >= 4 is 23.7 Å². The third-order valence-corrected chi connectivity index (χ3v) is 7.87. The summed E-state index contributed by atoms with van der Waals surface area (Å²) >= 11 is 1.05. The van der Waals surface area contributed by atoms with Crippen molar-refractivity contribution in [2.75, 3.05) is 18.0 Å². The first-order valence-electron chi connectivity index (χ1n) is 14.7. The number of hydrogen-bond donors (Lipinski definition) is 2. The summed E-state index contributed by atoms with van der Waals surface area (Å²) in [5.41, 5.74) is 3.07. The molecule has 0 saturated carbocycles. The number of anilines is 1. The number of halogens is 3. The van der Waals surface area contributed by atoms with Crippen LogP contribution in [0.5, 0.6) is 5.75 Å². The number of aliphatic carboxylic acids is 1. The van der Waals surface area contributed by atoms with Gasteiger partial charge in [0.2, 0.25) is 0 Å². The van der Waals surface area contributed by atoms with Gasteiger partial charge in [-0.1, -0.05) is 61.4 Å². The van der Waals surface area contributed by atoms with Crippen molar-refractivity contribution in [1.82, 2.24) is 9.97 Å². The monoisotopic (exact) mass is 638 g/mol. The smallest absolute Gasteiger partial charge is 0.481 e. The Hall–Kier alpha value is -4.09. The van der Waals surface area contributed by atoms with Crippen LogP contribution in [-0.2, 0) is 11.2 Å². The lowest BCUT2D eigenvalue weighted by molar-refractivity contribution is -0.274. The van der Waals surface area contributed by atoms with Gasteiger partial charge < -0.3 is 14.7 Å². The SMILES string of the molecule is CC(C)(CN(CCCCCCc1ccccc1-c1ncccc1-c1cccc(OC(F)(F)F)c1)c1cccc(SN)n1)C(=O)O. The van der Waals surface area contributed by atoms with Gasteiger partial charge in [0, 0.05) is 30.4 Å². The predicted molar refractivity (Wildman–Crippen MR) is 172 cm³/mol. The first-order valence-corrected chi connectivity index (χ1v) is 15.6. The van der Waals surface area contributed by atoms with Gasteiger partial charge in [0.15, 0.2) is 0 Å². The Morgan fingerprint density at radius 2 is 1.67 bits per heavy atom. The molecule has 0 atom stereocenters. The number of unbranched alkanes of at least 4 members (excludes halogenated alkanes) is 3. The van der Waals surface area contributed by atoms with Crippen LogP contribution < -0.4 is 14.8 Å². The number of alkyl halides is 3. The predicted octanol–water partition coefficient (Wildman–Crippen LogP) is 8.40. The molecule has 0 amide bonds. The lowest BCUT2D eigenvalue weighted by Crippen LogP contribution is -2.40. The molecule has 3 N–H and O–H groups in total. The number of pyridine rings is 2. The molecule has 0 aliphatic rings. The number of aryl methyl sites for hydroxylation is 1. The highest BCUT2D eigenvalue weighted by Crippen LogP contribution is 2.35. The Balaban J connectivity index is 1.41. The number of carboxylic acid groups (broad SMARTS) is 1. The van der Waals surface area contributed by atoms with Gasteiger partial charge in [0.25, 0.3) is 0 Å². The fourth-order valence-electron chi connectivity index (χ4n) is 5.12. The van der Waals surface area contributed by atoms with Crippen LogP contribution in [0, 0.1) is 5.41 Å². The van der Waals surface area contributed by atoms with Crippen molar-refractivity contribution in [2.24, 2.45) is 10.6 Å². The molecule has 238 valence electrons. The molecule has 4 aromatic rings. The van der Waals surface area contributed by atoms with E-state index in [1.54, 1.807) is 32.2 Å². The quantitative estimate of drug-likeness (QED) is 0.0989. The lowest BCUT2D eigenvalue weighted by Gasteiger charge is -2.31. The van der Waals surface area contributed by atoms with Crippen molar-refractivity contribution in [2.45, 2.75) is 57.3 Å². The van der Waals surface area contributed by atoms with E-state index in [1.165, 1.54) is 18.2 Å². The van der Waals surface area contributed by atoms with Crippen LogP contribution >= 0.6 is 11.9 Å². The molecule has 45 heavy (non-hydrogen) atoms. The van der Waals surface area contributed by atoms with Crippen LogP contribution in [0.15, 0.2) is 90.1 Å². The number of hydrogen-bond acceptors (Lipinski definition) is 7. The average molecular weight is 639 g/mol. The second kappa shape index (κ2) is 15.3. The molecule has 0 bridgehead atoms. The fraction of sp³-hybridized carbons (Fsp3) is 0.324. The Bertz CT molecular complexity index is 1580. The third-order valence-electron chi connectivity index (χ3n) is 7.40. The number of carboxylic acids is 1. The topological polar surface area (TPSA) is 102 Å². The molecule has 0 aliphatic heterocycles. The zero-order chi connectivity index (χ0) is 32.5. The maximum Gasteiger partial charge on any atom is 0.573 e. The van der Waals surface area contributed by atoms with E-state index in [0.717, 1.165) is 55.2 Å². The Morgan fingerprint density at radius 1 is 0.933 bits per heavy atom. The van der Waals surface area contributed by atoms with Gasteiger partial charge in [0.1, 0.15) is 16.6 Å². The van der Waals surface area contributed by atoms with Gasteiger partial charge in [-0.15, -0.1) is 13.2 Å². The van der Waals surface area contributed by atoms with E-state index >= 15 is 0 Å². The van der Waals surface area contributed by atoms with Crippen LogP contribution in [-0.4, -0.2) is 40.5 Å². The molecule has 2 heterocycles. The average Bonchev–Trinajstić information content (AvgIpc) is 3.01. The minimum atomic E-state index is -4.78. The van der Waals surface area contributed by atoms with Crippen molar-refractivity contribution in [1.29, 1.82) is 0 Å². The first-order chi connectivity index (χ1) is 21.5. The number of nitrogens with two attached hydrogens (primary N) is 1. The van der Waals surface area contributed by atoms with Crippen molar-refractivity contribution < 1.29 is 27.8 Å². The highest BCUT2D eigenvalue weighted by Gasteiger charge is 2.31. The molecule has 0 radical (unpaired) electrons. The molecule has 4 rings (SSSR count). The number of ether oxygens (including phenoxy) is 1. The van der Waals surface area contributed by atoms with Crippen molar-refractivity contribution in [3.63, 3.8) is 0 Å². The Morgan fingerprint density at radius 3 is 2.42 bits per heavy atom. The van der Waals surface area contributed by atoms with E-state index in [0.29, 0.717) is 40.8 Å². The maximum absolute atomic E-state index is 12.8. The number of aromatic nitrogens is 2. The second-order valence-electron chi connectivity index (χ2n) is 11.4. The zero-order valence-corrected chi connectivity index (χ0v) is 26.1. The van der Waals surface area contributed by atoms with E-state index in [4.69, 9.17) is 5.14 Å². The highest BCUT2D eigenvalue weighted by atomic mass is 32.2. The van der Waals surface area contributed by atoms with Crippen LogP contribution in [0.1, 0.15) is 45.1 Å². The van der Waals surface area contributed by atoms with Crippen LogP contribution in [0.3, 0.4) is 0 Å².